The van der Waals surface area contributed by atoms with E-state index in [9.17, 15) is 0 Å². The van der Waals surface area contributed by atoms with Gasteiger partial charge in [0.25, 0.3) is 0 Å². The average molecular weight is 304 g/mol. The summed E-state index contributed by atoms with van der Waals surface area (Å²) >= 11 is 5.28. The monoisotopic (exact) mass is 303 g/mol. The van der Waals surface area contributed by atoms with Gasteiger partial charge in [0.2, 0.25) is 0 Å². The number of hydrogen-bond acceptors (Lipinski definition) is 2. The summed E-state index contributed by atoms with van der Waals surface area (Å²) in [5.74, 6) is 0. The first-order chi connectivity index (χ1) is 7.18. The van der Waals surface area contributed by atoms with Crippen molar-refractivity contribution in [3.63, 3.8) is 0 Å². The molecule has 1 nitrogen and oxygen atoms in total. The van der Waals surface area contributed by atoms with Crippen molar-refractivity contribution in [1.82, 2.24) is 5.32 Å². The fourth-order valence-electron chi connectivity index (χ4n) is 2.16. The Labute approximate surface area is 112 Å². The van der Waals surface area contributed by atoms with Crippen LogP contribution in [0.4, 0.5) is 0 Å². The minimum absolute atomic E-state index is 0.189. The van der Waals surface area contributed by atoms with Crippen LogP contribution in [0.2, 0.25) is 0 Å². The molecule has 0 fully saturated rings. The van der Waals surface area contributed by atoms with Crippen molar-refractivity contribution < 1.29 is 0 Å². The van der Waals surface area contributed by atoms with Crippen LogP contribution in [-0.2, 0) is 6.54 Å². The molecule has 1 N–H and O–H groups in total. The van der Waals surface area contributed by atoms with Gasteiger partial charge in [-0.15, -0.1) is 11.3 Å². The lowest BCUT2D eigenvalue weighted by molar-refractivity contribution is 0.241. The van der Waals surface area contributed by atoms with E-state index >= 15 is 0 Å². The fourth-order valence-corrected chi connectivity index (χ4v) is 3.55. The zero-order valence-corrected chi connectivity index (χ0v) is 13.3. The lowest BCUT2D eigenvalue weighted by Gasteiger charge is -2.33. The predicted molar refractivity (Wildman–Crippen MR) is 77.0 cm³/mol. The molecule has 92 valence electrons. The van der Waals surface area contributed by atoms with Gasteiger partial charge in [-0.2, -0.15) is 0 Å². The van der Waals surface area contributed by atoms with Gasteiger partial charge in [0, 0.05) is 26.8 Å². The molecule has 1 rings (SSSR count). The third kappa shape index (κ3) is 5.46. The number of halogens is 1. The number of nitrogens with one attached hydrogen (secondary N) is 1. The maximum atomic E-state index is 3.63. The standard InChI is InChI=1S/C13H22BrNS/c1-12(2,3)9-13(4,5)15-7-11-6-10(14)8-16-11/h6,8,15H,7,9H2,1-5H3. The number of thiophene rings is 1. The van der Waals surface area contributed by atoms with Gasteiger partial charge < -0.3 is 5.32 Å². The average Bonchev–Trinajstić information content (AvgIpc) is 2.44. The van der Waals surface area contributed by atoms with Crippen LogP contribution >= 0.6 is 27.3 Å². The van der Waals surface area contributed by atoms with Crippen molar-refractivity contribution in [3.8, 4) is 0 Å². The van der Waals surface area contributed by atoms with Gasteiger partial charge in [0.15, 0.2) is 0 Å². The van der Waals surface area contributed by atoms with E-state index in [1.165, 1.54) is 15.8 Å². The molecule has 0 aliphatic rings. The first-order valence-electron chi connectivity index (χ1n) is 5.66. The van der Waals surface area contributed by atoms with Crippen molar-refractivity contribution in [3.05, 3.63) is 20.8 Å². The largest absolute Gasteiger partial charge is 0.307 e. The van der Waals surface area contributed by atoms with Gasteiger partial charge in [-0.05, 0) is 47.7 Å². The molecule has 0 amide bonds. The topological polar surface area (TPSA) is 12.0 Å². The van der Waals surface area contributed by atoms with E-state index < -0.39 is 0 Å². The van der Waals surface area contributed by atoms with Crippen LogP contribution in [0.25, 0.3) is 0 Å². The molecule has 1 aromatic rings. The molecule has 1 aromatic heterocycles. The second kappa shape index (κ2) is 5.19. The minimum Gasteiger partial charge on any atom is -0.307 e. The SMILES string of the molecule is CC(C)(C)CC(C)(C)NCc1cc(Br)cs1. The molecule has 0 saturated carbocycles. The highest BCUT2D eigenvalue weighted by Gasteiger charge is 2.24. The fraction of sp³-hybridized carbons (Fsp3) is 0.692. The summed E-state index contributed by atoms with van der Waals surface area (Å²) in [7, 11) is 0. The molecule has 1 heterocycles. The van der Waals surface area contributed by atoms with Gasteiger partial charge in [-0.25, -0.2) is 0 Å². The molecule has 0 unspecified atom stereocenters. The Morgan fingerprint density at radius 3 is 2.31 bits per heavy atom. The lowest BCUT2D eigenvalue weighted by atomic mass is 9.82. The Morgan fingerprint density at radius 1 is 1.25 bits per heavy atom. The molecule has 0 bridgehead atoms. The van der Waals surface area contributed by atoms with E-state index in [2.05, 4.69) is 67.3 Å². The minimum atomic E-state index is 0.189. The zero-order chi connectivity index (χ0) is 12.4. The van der Waals surface area contributed by atoms with Gasteiger partial charge in [-0.3, -0.25) is 0 Å². The number of hydrogen-bond donors (Lipinski definition) is 1. The Bertz CT molecular complexity index is 336. The Hall–Kier alpha value is 0.140. The highest BCUT2D eigenvalue weighted by Crippen LogP contribution is 2.27. The van der Waals surface area contributed by atoms with Gasteiger partial charge in [-0.1, -0.05) is 20.8 Å². The smallest absolute Gasteiger partial charge is 0.0305 e. The quantitative estimate of drug-likeness (QED) is 0.841. The molecule has 0 atom stereocenters. The highest BCUT2D eigenvalue weighted by atomic mass is 79.9. The summed E-state index contributed by atoms with van der Waals surface area (Å²) in [5.41, 5.74) is 0.557. The molecule has 0 aromatic carbocycles. The molecular weight excluding hydrogens is 282 g/mol. The summed E-state index contributed by atoms with van der Waals surface area (Å²) < 4.78 is 1.18. The lowest BCUT2D eigenvalue weighted by Crippen LogP contribution is -2.41. The van der Waals surface area contributed by atoms with Gasteiger partial charge in [0.05, 0.1) is 0 Å². The van der Waals surface area contributed by atoms with Crippen LogP contribution in [0.5, 0.6) is 0 Å². The molecule has 3 heteroatoms. The maximum Gasteiger partial charge on any atom is 0.0305 e. The van der Waals surface area contributed by atoms with Gasteiger partial charge >= 0.3 is 0 Å². The molecule has 0 aliphatic heterocycles. The van der Waals surface area contributed by atoms with Crippen molar-refractivity contribution in [2.24, 2.45) is 5.41 Å². The van der Waals surface area contributed by atoms with Crippen molar-refractivity contribution in [1.29, 1.82) is 0 Å². The van der Waals surface area contributed by atoms with E-state index in [1.54, 1.807) is 11.3 Å². The van der Waals surface area contributed by atoms with E-state index in [-0.39, 0.29) is 5.54 Å². The third-order valence-electron chi connectivity index (χ3n) is 2.34. The Balaban J connectivity index is 2.47. The molecule has 0 radical (unpaired) electrons. The molecule has 0 aliphatic carbocycles. The normalized spacial score (nSPS) is 13.1. The first kappa shape index (κ1) is 14.2. The molecular formula is C13H22BrNS. The predicted octanol–water partition coefficient (Wildman–Crippen LogP) is 4.82. The van der Waals surface area contributed by atoms with Crippen molar-refractivity contribution in [2.45, 2.75) is 53.1 Å². The van der Waals surface area contributed by atoms with Crippen LogP contribution in [0.3, 0.4) is 0 Å². The Morgan fingerprint density at radius 2 is 1.88 bits per heavy atom. The molecule has 16 heavy (non-hydrogen) atoms. The van der Waals surface area contributed by atoms with Crippen LogP contribution in [0.15, 0.2) is 15.9 Å². The zero-order valence-electron chi connectivity index (χ0n) is 10.9. The maximum absolute atomic E-state index is 3.63. The number of rotatable bonds is 4. The second-order valence-corrected chi connectivity index (χ2v) is 8.12. The van der Waals surface area contributed by atoms with Crippen LogP contribution in [0.1, 0.15) is 45.9 Å². The van der Waals surface area contributed by atoms with E-state index in [0.29, 0.717) is 5.41 Å². The van der Waals surface area contributed by atoms with E-state index in [0.717, 1.165) is 6.54 Å². The summed E-state index contributed by atoms with van der Waals surface area (Å²) in [5, 5.41) is 5.77. The van der Waals surface area contributed by atoms with Crippen LogP contribution in [-0.4, -0.2) is 5.54 Å². The summed E-state index contributed by atoms with van der Waals surface area (Å²) in [6.07, 6.45) is 1.17. The van der Waals surface area contributed by atoms with Crippen molar-refractivity contribution >= 4 is 27.3 Å². The van der Waals surface area contributed by atoms with Crippen molar-refractivity contribution in [2.75, 3.05) is 0 Å². The summed E-state index contributed by atoms with van der Waals surface area (Å²) in [4.78, 5) is 1.38. The first-order valence-corrected chi connectivity index (χ1v) is 7.33. The van der Waals surface area contributed by atoms with Crippen LogP contribution < -0.4 is 5.32 Å². The van der Waals surface area contributed by atoms with Crippen LogP contribution in [0, 0.1) is 5.41 Å². The third-order valence-corrected chi connectivity index (χ3v) is 4.03. The second-order valence-electron chi connectivity index (χ2n) is 6.21. The summed E-state index contributed by atoms with van der Waals surface area (Å²) in [6.45, 7) is 12.4. The van der Waals surface area contributed by atoms with E-state index in [1.807, 2.05) is 0 Å². The molecule has 0 saturated heterocycles. The Kier molecular flexibility index (Phi) is 4.61. The highest BCUT2D eigenvalue weighted by molar-refractivity contribution is 9.10. The summed E-state index contributed by atoms with van der Waals surface area (Å²) in [6, 6.07) is 2.19. The van der Waals surface area contributed by atoms with E-state index in [4.69, 9.17) is 0 Å². The molecule has 0 spiro atoms. The van der Waals surface area contributed by atoms with Gasteiger partial charge in [0.1, 0.15) is 0 Å².